The third kappa shape index (κ3) is 3.92. The zero-order chi connectivity index (χ0) is 17.8. The second kappa shape index (κ2) is 7.27. The quantitative estimate of drug-likeness (QED) is 0.569. The molecule has 0 radical (unpaired) electrons. The number of amides is 1. The lowest BCUT2D eigenvalue weighted by Crippen LogP contribution is -2.27. The molecule has 25 heavy (non-hydrogen) atoms. The number of rotatable bonds is 5. The summed E-state index contributed by atoms with van der Waals surface area (Å²) in [4.78, 5) is 20.2. The minimum atomic E-state index is -0.521. The molecule has 3 rings (SSSR count). The van der Waals surface area contributed by atoms with E-state index in [9.17, 15) is 10.0 Å². The van der Waals surface area contributed by atoms with E-state index in [1.807, 2.05) is 31.2 Å². The van der Waals surface area contributed by atoms with E-state index >= 15 is 0 Å². The van der Waals surface area contributed by atoms with Gasteiger partial charge in [0.2, 0.25) is 0 Å². The van der Waals surface area contributed by atoms with Crippen LogP contribution in [0.2, 0.25) is 0 Å². The molecule has 0 atom stereocenters. The van der Waals surface area contributed by atoms with Crippen LogP contribution in [0.5, 0.6) is 0 Å². The van der Waals surface area contributed by atoms with Crippen LogP contribution in [0.1, 0.15) is 34.4 Å². The number of aromatic nitrogens is 2. The number of aryl methyl sites for hydroxylation is 1. The Balaban J connectivity index is 1.71. The molecule has 2 heterocycles. The minimum Gasteiger partial charge on any atom is -0.440 e. The predicted molar refractivity (Wildman–Crippen MR) is 92.2 cm³/mol. The molecule has 0 saturated carbocycles. The van der Waals surface area contributed by atoms with Crippen molar-refractivity contribution >= 4 is 5.91 Å². The summed E-state index contributed by atoms with van der Waals surface area (Å²) in [6, 6.07) is 11.4. The number of oxazole rings is 1. The van der Waals surface area contributed by atoms with Gasteiger partial charge in [-0.25, -0.2) is 10.0 Å². The van der Waals surface area contributed by atoms with Crippen LogP contribution in [0, 0.1) is 6.92 Å². The highest BCUT2D eigenvalue weighted by atomic mass is 16.5. The van der Waals surface area contributed by atoms with Crippen molar-refractivity contribution in [3.05, 3.63) is 71.5 Å². The Morgan fingerprint density at radius 1 is 1.12 bits per heavy atom. The van der Waals surface area contributed by atoms with Gasteiger partial charge in [0.15, 0.2) is 11.7 Å². The predicted octanol–water partition coefficient (Wildman–Crippen LogP) is 3.49. The van der Waals surface area contributed by atoms with Crippen LogP contribution < -0.4 is 0 Å². The Bertz CT molecular complexity index is 854. The van der Waals surface area contributed by atoms with Crippen molar-refractivity contribution in [2.75, 3.05) is 6.54 Å². The summed E-state index contributed by atoms with van der Waals surface area (Å²) in [5.41, 5.74) is 3.23. The topological polar surface area (TPSA) is 79.5 Å². The smallest absolute Gasteiger partial charge is 0.295 e. The second-order valence-corrected chi connectivity index (χ2v) is 5.73. The first-order valence-electron chi connectivity index (χ1n) is 8.04. The van der Waals surface area contributed by atoms with E-state index in [4.69, 9.17) is 4.42 Å². The fourth-order valence-corrected chi connectivity index (χ4v) is 2.35. The van der Waals surface area contributed by atoms with Gasteiger partial charge in [-0.05, 0) is 25.5 Å². The lowest BCUT2D eigenvalue weighted by Gasteiger charge is -2.11. The Labute approximate surface area is 145 Å². The van der Waals surface area contributed by atoms with Crippen LogP contribution in [0.15, 0.2) is 53.2 Å². The number of pyridine rings is 1. The van der Waals surface area contributed by atoms with Gasteiger partial charge in [-0.15, -0.1) is 0 Å². The highest BCUT2D eigenvalue weighted by Crippen LogP contribution is 2.22. The van der Waals surface area contributed by atoms with E-state index < -0.39 is 5.91 Å². The molecule has 0 aliphatic heterocycles. The molecule has 6 nitrogen and oxygen atoms in total. The molecule has 0 aliphatic rings. The van der Waals surface area contributed by atoms with E-state index in [1.54, 1.807) is 31.5 Å². The van der Waals surface area contributed by atoms with E-state index in [0.29, 0.717) is 23.1 Å². The Kier molecular flexibility index (Phi) is 4.90. The number of carbonyl (C=O) groups excluding carboxylic acids is 1. The Hall–Kier alpha value is -2.99. The van der Waals surface area contributed by atoms with Crippen LogP contribution >= 0.6 is 0 Å². The van der Waals surface area contributed by atoms with Gasteiger partial charge in [0.1, 0.15) is 5.69 Å². The first-order valence-corrected chi connectivity index (χ1v) is 8.04. The van der Waals surface area contributed by atoms with Gasteiger partial charge in [-0.2, -0.15) is 0 Å². The van der Waals surface area contributed by atoms with Crippen molar-refractivity contribution in [2.45, 2.75) is 20.3 Å². The van der Waals surface area contributed by atoms with Gasteiger partial charge in [0.25, 0.3) is 5.91 Å². The maximum absolute atomic E-state index is 11.8. The van der Waals surface area contributed by atoms with Gasteiger partial charge in [-0.1, -0.05) is 35.9 Å². The zero-order valence-electron chi connectivity index (χ0n) is 14.1. The first-order chi connectivity index (χ1) is 12.1. The van der Waals surface area contributed by atoms with E-state index in [1.165, 1.54) is 5.56 Å². The van der Waals surface area contributed by atoms with Crippen LogP contribution in [-0.2, 0) is 6.42 Å². The van der Waals surface area contributed by atoms with Crippen molar-refractivity contribution in [3.63, 3.8) is 0 Å². The molecular weight excluding hydrogens is 318 g/mol. The van der Waals surface area contributed by atoms with Crippen LogP contribution in [0.4, 0.5) is 0 Å². The van der Waals surface area contributed by atoms with Crippen molar-refractivity contribution in [1.82, 2.24) is 15.0 Å². The number of benzene rings is 1. The highest BCUT2D eigenvalue weighted by molar-refractivity contribution is 5.91. The van der Waals surface area contributed by atoms with E-state index in [0.717, 1.165) is 11.1 Å². The third-order valence-electron chi connectivity index (χ3n) is 3.82. The molecule has 0 saturated heterocycles. The summed E-state index contributed by atoms with van der Waals surface area (Å²) in [6.45, 7) is 3.92. The SMILES string of the molecule is CCN(O)C(=O)c1ccc(Cc2ncc(-c3ccc(C)cc3)o2)cn1. The highest BCUT2D eigenvalue weighted by Gasteiger charge is 2.13. The molecule has 128 valence electrons. The summed E-state index contributed by atoms with van der Waals surface area (Å²) in [6.07, 6.45) is 3.77. The zero-order valence-corrected chi connectivity index (χ0v) is 14.1. The fraction of sp³-hybridized carbons (Fsp3) is 0.211. The van der Waals surface area contributed by atoms with E-state index in [-0.39, 0.29) is 12.2 Å². The number of carbonyl (C=O) groups is 1. The van der Waals surface area contributed by atoms with Crippen molar-refractivity contribution in [3.8, 4) is 11.3 Å². The average molecular weight is 337 g/mol. The Morgan fingerprint density at radius 2 is 1.88 bits per heavy atom. The van der Waals surface area contributed by atoms with Gasteiger partial charge in [0, 0.05) is 18.3 Å². The number of nitrogens with zero attached hydrogens (tertiary/aromatic N) is 3. The van der Waals surface area contributed by atoms with Crippen LogP contribution in [-0.4, -0.2) is 32.7 Å². The van der Waals surface area contributed by atoms with Gasteiger partial charge in [0.05, 0.1) is 12.6 Å². The minimum absolute atomic E-state index is 0.195. The third-order valence-corrected chi connectivity index (χ3v) is 3.82. The summed E-state index contributed by atoms with van der Waals surface area (Å²) in [5.74, 6) is 0.772. The molecule has 0 aliphatic carbocycles. The fourth-order valence-electron chi connectivity index (χ4n) is 2.35. The van der Waals surface area contributed by atoms with Crippen LogP contribution in [0.3, 0.4) is 0 Å². The second-order valence-electron chi connectivity index (χ2n) is 5.73. The number of hydroxylamine groups is 2. The van der Waals surface area contributed by atoms with Crippen molar-refractivity contribution < 1.29 is 14.4 Å². The summed E-state index contributed by atoms with van der Waals surface area (Å²) in [5, 5.41) is 10.1. The van der Waals surface area contributed by atoms with Crippen LogP contribution in [0.25, 0.3) is 11.3 Å². The molecule has 0 unspecified atom stereocenters. The standard InChI is InChI=1S/C19H19N3O3/c1-3-22(24)19(23)16-9-6-14(11-20-16)10-18-21-12-17(25-18)15-7-4-13(2)5-8-15/h4-9,11-12,24H,3,10H2,1-2H3. The van der Waals surface area contributed by atoms with Crippen molar-refractivity contribution in [1.29, 1.82) is 0 Å². The molecule has 0 bridgehead atoms. The van der Waals surface area contributed by atoms with Crippen molar-refractivity contribution in [2.24, 2.45) is 0 Å². The lowest BCUT2D eigenvalue weighted by atomic mass is 10.1. The molecule has 1 aromatic carbocycles. The van der Waals surface area contributed by atoms with E-state index in [2.05, 4.69) is 9.97 Å². The molecule has 6 heteroatoms. The molecule has 0 fully saturated rings. The lowest BCUT2D eigenvalue weighted by molar-refractivity contribution is -0.0545. The maximum atomic E-state index is 11.8. The number of hydrogen-bond acceptors (Lipinski definition) is 5. The molecule has 2 aromatic heterocycles. The number of hydrogen-bond donors (Lipinski definition) is 1. The van der Waals surface area contributed by atoms with Gasteiger partial charge >= 0.3 is 0 Å². The summed E-state index contributed by atoms with van der Waals surface area (Å²) in [7, 11) is 0. The van der Waals surface area contributed by atoms with Gasteiger partial charge < -0.3 is 4.42 Å². The summed E-state index contributed by atoms with van der Waals surface area (Å²) < 4.78 is 5.79. The normalized spacial score (nSPS) is 10.7. The molecule has 3 aromatic rings. The average Bonchev–Trinajstić information content (AvgIpc) is 3.10. The Morgan fingerprint density at radius 3 is 2.52 bits per heavy atom. The molecular formula is C19H19N3O3. The van der Waals surface area contributed by atoms with Gasteiger partial charge in [-0.3, -0.25) is 15.0 Å². The molecule has 0 spiro atoms. The largest absolute Gasteiger partial charge is 0.440 e. The monoisotopic (exact) mass is 337 g/mol. The summed E-state index contributed by atoms with van der Waals surface area (Å²) >= 11 is 0. The molecule has 1 amide bonds. The first kappa shape index (κ1) is 16.9. The maximum Gasteiger partial charge on any atom is 0.295 e. The molecule has 1 N–H and O–H groups in total.